The summed E-state index contributed by atoms with van der Waals surface area (Å²) in [5, 5.41) is 5.09. The van der Waals surface area contributed by atoms with Crippen molar-refractivity contribution >= 4 is 45.7 Å². The average Bonchev–Trinajstić information content (AvgIpc) is 3.10. The van der Waals surface area contributed by atoms with Gasteiger partial charge in [0.25, 0.3) is 11.8 Å². The Balaban J connectivity index is 1.95. The molecule has 0 saturated carbocycles. The normalized spacial score (nSPS) is 11.8. The number of carbonyl (C=O) groups excluding carboxylic acids is 3. The van der Waals surface area contributed by atoms with Gasteiger partial charge in [-0.15, -0.1) is 11.3 Å². The molecule has 3 N–H and O–H groups in total. The predicted molar refractivity (Wildman–Crippen MR) is 113 cm³/mol. The van der Waals surface area contributed by atoms with Crippen LogP contribution in [0, 0.1) is 6.92 Å². The molecule has 29 heavy (non-hydrogen) atoms. The van der Waals surface area contributed by atoms with Crippen LogP contribution in [-0.4, -0.2) is 30.5 Å². The second-order valence-corrected chi connectivity index (χ2v) is 8.05. The maximum atomic E-state index is 12.2. The number of primary amides is 1. The Bertz CT molecular complexity index is 926. The Kier molecular flexibility index (Phi) is 7.64. The van der Waals surface area contributed by atoms with E-state index in [0.29, 0.717) is 15.8 Å². The lowest BCUT2D eigenvalue weighted by atomic mass is 10.0. The van der Waals surface area contributed by atoms with Gasteiger partial charge in [-0.25, -0.2) is 4.79 Å². The first-order valence-corrected chi connectivity index (χ1v) is 10.2. The number of hydrogen-bond donors (Lipinski definition) is 2. The van der Waals surface area contributed by atoms with Crippen LogP contribution in [0.3, 0.4) is 0 Å². The number of thiophene rings is 1. The molecular weight excluding hydrogens is 416 g/mol. The quantitative estimate of drug-likeness (QED) is 0.608. The molecule has 0 aliphatic rings. The molecular formula is C20H23ClN2O5S. The number of carbonyl (C=O) groups is 3. The Morgan fingerprint density at radius 1 is 1.24 bits per heavy atom. The smallest absolute Gasteiger partial charge is 0.344 e. The monoisotopic (exact) mass is 438 g/mol. The van der Waals surface area contributed by atoms with Crippen LogP contribution >= 0.6 is 22.9 Å². The minimum atomic E-state index is -1.08. The number of benzene rings is 1. The number of aryl methyl sites for hydroxylation is 1. The Morgan fingerprint density at radius 2 is 1.93 bits per heavy atom. The number of esters is 1. The topological polar surface area (TPSA) is 108 Å². The number of nitrogens with one attached hydrogen (secondary N) is 1. The third-order valence-corrected chi connectivity index (χ3v) is 5.34. The summed E-state index contributed by atoms with van der Waals surface area (Å²) in [6.45, 7) is 6.89. The van der Waals surface area contributed by atoms with E-state index in [2.05, 4.69) is 5.32 Å². The minimum Gasteiger partial charge on any atom is -0.482 e. The van der Waals surface area contributed by atoms with E-state index < -0.39 is 23.9 Å². The van der Waals surface area contributed by atoms with Crippen LogP contribution in [0.5, 0.6) is 5.75 Å². The fourth-order valence-corrected chi connectivity index (χ4v) is 3.45. The molecule has 156 valence electrons. The highest BCUT2D eigenvalue weighted by atomic mass is 35.5. The first-order valence-electron chi connectivity index (χ1n) is 8.90. The molecule has 2 rings (SSSR count). The number of anilines is 1. The maximum absolute atomic E-state index is 12.2. The summed E-state index contributed by atoms with van der Waals surface area (Å²) in [5.74, 6) is -1.24. The summed E-state index contributed by atoms with van der Waals surface area (Å²) in [6, 6.07) is 5.09. The zero-order valence-corrected chi connectivity index (χ0v) is 18.1. The first kappa shape index (κ1) is 22.7. The molecule has 0 fully saturated rings. The van der Waals surface area contributed by atoms with Gasteiger partial charge in [0.1, 0.15) is 10.8 Å². The van der Waals surface area contributed by atoms with Gasteiger partial charge in [0.05, 0.1) is 5.56 Å². The standard InChI is InChI=1S/C20H23ClN2O5S/c1-10(2)14-8-15(21)11(3)7-16(14)27-9-17(24)28-12(4)19(26)23-20-13(18(22)25)5-6-29-20/h5-8,10,12H,9H2,1-4H3,(H2,22,25)(H,23,26). The number of amides is 2. The lowest BCUT2D eigenvalue weighted by molar-refractivity contribution is -0.155. The zero-order valence-electron chi connectivity index (χ0n) is 16.6. The second kappa shape index (κ2) is 9.76. The zero-order chi connectivity index (χ0) is 21.7. The van der Waals surface area contributed by atoms with Gasteiger partial charge < -0.3 is 20.5 Å². The third-order valence-electron chi connectivity index (χ3n) is 4.10. The van der Waals surface area contributed by atoms with E-state index in [0.717, 1.165) is 22.5 Å². The number of rotatable bonds is 8. The lowest BCUT2D eigenvalue weighted by Crippen LogP contribution is -2.32. The van der Waals surface area contributed by atoms with Crippen LogP contribution < -0.4 is 15.8 Å². The van der Waals surface area contributed by atoms with E-state index >= 15 is 0 Å². The van der Waals surface area contributed by atoms with Crippen molar-refractivity contribution in [3.05, 3.63) is 45.3 Å². The van der Waals surface area contributed by atoms with Crippen LogP contribution in [0.1, 0.15) is 48.2 Å². The Morgan fingerprint density at radius 3 is 2.55 bits per heavy atom. The highest BCUT2D eigenvalue weighted by molar-refractivity contribution is 7.14. The Labute approximate surface area is 178 Å². The summed E-state index contributed by atoms with van der Waals surface area (Å²) in [5.41, 5.74) is 7.14. The van der Waals surface area contributed by atoms with E-state index in [9.17, 15) is 14.4 Å². The van der Waals surface area contributed by atoms with Gasteiger partial charge in [-0.3, -0.25) is 9.59 Å². The second-order valence-electron chi connectivity index (χ2n) is 6.73. The van der Waals surface area contributed by atoms with E-state index in [-0.39, 0.29) is 18.1 Å². The maximum Gasteiger partial charge on any atom is 0.344 e. The summed E-state index contributed by atoms with van der Waals surface area (Å²) in [7, 11) is 0. The molecule has 1 heterocycles. The average molecular weight is 439 g/mol. The largest absolute Gasteiger partial charge is 0.482 e. The van der Waals surface area contributed by atoms with Gasteiger partial charge in [0.2, 0.25) is 0 Å². The summed E-state index contributed by atoms with van der Waals surface area (Å²) >= 11 is 7.31. The molecule has 1 atom stereocenters. The Hall–Kier alpha value is -2.58. The van der Waals surface area contributed by atoms with Crippen molar-refractivity contribution in [1.29, 1.82) is 0 Å². The van der Waals surface area contributed by atoms with Crippen molar-refractivity contribution in [1.82, 2.24) is 0 Å². The number of ether oxygens (including phenoxy) is 2. The third kappa shape index (κ3) is 5.95. The van der Waals surface area contributed by atoms with Gasteiger partial charge in [-0.2, -0.15) is 0 Å². The minimum absolute atomic E-state index is 0.147. The molecule has 0 aliphatic carbocycles. The fourth-order valence-electron chi connectivity index (χ4n) is 2.48. The molecule has 2 amide bonds. The van der Waals surface area contributed by atoms with Crippen LogP contribution in [0.4, 0.5) is 5.00 Å². The predicted octanol–water partition coefficient (Wildman–Crippen LogP) is 3.88. The molecule has 0 bridgehead atoms. The summed E-state index contributed by atoms with van der Waals surface area (Å²) in [4.78, 5) is 35.7. The van der Waals surface area contributed by atoms with Crippen LogP contribution in [0.15, 0.2) is 23.6 Å². The van der Waals surface area contributed by atoms with Crippen LogP contribution in [0.2, 0.25) is 5.02 Å². The SMILES string of the molecule is Cc1cc(OCC(=O)OC(C)C(=O)Nc2sccc2C(N)=O)c(C(C)C)cc1Cl. The molecule has 2 aromatic rings. The number of nitrogens with two attached hydrogens (primary N) is 1. The lowest BCUT2D eigenvalue weighted by Gasteiger charge is -2.17. The molecule has 0 saturated heterocycles. The molecule has 0 aliphatic heterocycles. The number of hydrogen-bond acceptors (Lipinski definition) is 6. The van der Waals surface area contributed by atoms with E-state index in [4.69, 9.17) is 26.8 Å². The van der Waals surface area contributed by atoms with E-state index in [1.807, 2.05) is 26.8 Å². The molecule has 9 heteroatoms. The van der Waals surface area contributed by atoms with Gasteiger partial charge in [-0.05, 0) is 54.5 Å². The highest BCUT2D eigenvalue weighted by Gasteiger charge is 2.21. The van der Waals surface area contributed by atoms with Crippen molar-refractivity contribution in [2.75, 3.05) is 11.9 Å². The van der Waals surface area contributed by atoms with Crippen molar-refractivity contribution in [3.8, 4) is 5.75 Å². The van der Waals surface area contributed by atoms with Crippen molar-refractivity contribution in [3.63, 3.8) is 0 Å². The van der Waals surface area contributed by atoms with Crippen LogP contribution in [-0.2, 0) is 14.3 Å². The molecule has 0 radical (unpaired) electrons. The highest BCUT2D eigenvalue weighted by Crippen LogP contribution is 2.32. The van der Waals surface area contributed by atoms with Gasteiger partial charge in [0, 0.05) is 5.02 Å². The van der Waals surface area contributed by atoms with Gasteiger partial charge in [-0.1, -0.05) is 25.4 Å². The van der Waals surface area contributed by atoms with Crippen LogP contribution in [0.25, 0.3) is 0 Å². The van der Waals surface area contributed by atoms with Gasteiger partial charge >= 0.3 is 5.97 Å². The molecule has 1 unspecified atom stereocenters. The molecule has 7 nitrogen and oxygen atoms in total. The first-order chi connectivity index (χ1) is 13.6. The van der Waals surface area contributed by atoms with Gasteiger partial charge in [0.15, 0.2) is 12.7 Å². The fraction of sp³-hybridized carbons (Fsp3) is 0.350. The van der Waals surface area contributed by atoms with E-state index in [1.54, 1.807) is 11.4 Å². The van der Waals surface area contributed by atoms with E-state index in [1.165, 1.54) is 13.0 Å². The molecule has 1 aromatic heterocycles. The van der Waals surface area contributed by atoms with Crippen molar-refractivity contribution in [2.24, 2.45) is 5.73 Å². The van der Waals surface area contributed by atoms with Crippen molar-refractivity contribution in [2.45, 2.75) is 39.7 Å². The molecule has 0 spiro atoms. The summed E-state index contributed by atoms with van der Waals surface area (Å²) < 4.78 is 10.7. The summed E-state index contributed by atoms with van der Waals surface area (Å²) in [6.07, 6.45) is -1.08. The molecule has 1 aromatic carbocycles. The number of halogens is 1. The van der Waals surface area contributed by atoms with Crippen molar-refractivity contribution < 1.29 is 23.9 Å².